The molecular weight excluding hydrogens is 410 g/mol. The molecule has 6 nitrogen and oxygen atoms in total. The van der Waals surface area contributed by atoms with E-state index in [4.69, 9.17) is 16.3 Å². The molecular formula is C24H14F2N6. The molecule has 0 aliphatic heterocycles. The Kier molecular flexibility index (Phi) is 5.44. The Labute approximate surface area is 181 Å². The van der Waals surface area contributed by atoms with Gasteiger partial charge < -0.3 is 11.1 Å². The van der Waals surface area contributed by atoms with Crippen LogP contribution in [0, 0.1) is 34.3 Å². The van der Waals surface area contributed by atoms with Crippen molar-refractivity contribution >= 4 is 34.4 Å². The third kappa shape index (κ3) is 3.93. The number of fused-ring (bicyclic) bond motifs is 1. The van der Waals surface area contributed by atoms with E-state index in [1.54, 1.807) is 48.5 Å². The highest BCUT2D eigenvalue weighted by molar-refractivity contribution is 5.99. The molecule has 0 saturated carbocycles. The number of aromatic nitrogens is 2. The lowest BCUT2D eigenvalue weighted by molar-refractivity contribution is 0.589. The van der Waals surface area contributed by atoms with Crippen molar-refractivity contribution in [1.29, 1.82) is 10.5 Å². The van der Waals surface area contributed by atoms with E-state index in [0.29, 0.717) is 16.6 Å². The first-order chi connectivity index (χ1) is 15.5. The fraction of sp³-hybridized carbons (Fsp3) is 0. The summed E-state index contributed by atoms with van der Waals surface area (Å²) in [6.45, 7) is 0. The van der Waals surface area contributed by atoms with Gasteiger partial charge in [-0.15, -0.1) is 0 Å². The quantitative estimate of drug-likeness (QED) is 0.430. The molecule has 0 fully saturated rings. The van der Waals surface area contributed by atoms with Crippen LogP contribution in [-0.2, 0) is 0 Å². The fourth-order valence-corrected chi connectivity index (χ4v) is 3.27. The second kappa shape index (κ2) is 8.50. The van der Waals surface area contributed by atoms with E-state index in [9.17, 15) is 8.78 Å². The van der Waals surface area contributed by atoms with E-state index >= 15 is 0 Å². The first kappa shape index (κ1) is 20.5. The minimum absolute atomic E-state index is 0.140. The molecule has 4 rings (SSSR count). The Balaban J connectivity index is 1.83. The second-order valence-electron chi connectivity index (χ2n) is 6.77. The molecule has 0 radical (unpaired) electrons. The minimum Gasteiger partial charge on any atom is -0.383 e. The van der Waals surface area contributed by atoms with Crippen LogP contribution in [0.15, 0.2) is 60.7 Å². The van der Waals surface area contributed by atoms with Gasteiger partial charge in [-0.2, -0.15) is 15.5 Å². The summed E-state index contributed by atoms with van der Waals surface area (Å²) >= 11 is 0. The molecule has 0 spiro atoms. The standard InChI is InChI=1S/C24H14F2N6/c25-19-11-15(3-2-10-27)12-20(26)21(19)17-4-1-5-18-22(17)31-24(32-23(18)29)30-16-8-6-14(13-28)7-9-16/h1-9,11-12H,(H3,29,30,31,32). The van der Waals surface area contributed by atoms with Crippen molar-refractivity contribution in [2.45, 2.75) is 0 Å². The third-order valence-electron chi connectivity index (χ3n) is 4.71. The highest BCUT2D eigenvalue weighted by Crippen LogP contribution is 2.34. The van der Waals surface area contributed by atoms with Crippen LogP contribution >= 0.6 is 0 Å². The van der Waals surface area contributed by atoms with Gasteiger partial charge in [-0.25, -0.2) is 13.8 Å². The predicted molar refractivity (Wildman–Crippen MR) is 118 cm³/mol. The molecule has 154 valence electrons. The van der Waals surface area contributed by atoms with Crippen molar-refractivity contribution in [2.75, 3.05) is 11.1 Å². The lowest BCUT2D eigenvalue weighted by Gasteiger charge is -2.12. The van der Waals surface area contributed by atoms with Gasteiger partial charge in [-0.3, -0.25) is 0 Å². The molecule has 3 N–H and O–H groups in total. The summed E-state index contributed by atoms with van der Waals surface area (Å²) in [7, 11) is 0. The molecule has 0 bridgehead atoms. The molecule has 0 aliphatic rings. The Morgan fingerprint density at radius 1 is 0.969 bits per heavy atom. The van der Waals surface area contributed by atoms with Crippen LogP contribution in [0.4, 0.5) is 26.2 Å². The molecule has 0 unspecified atom stereocenters. The Morgan fingerprint density at radius 3 is 2.34 bits per heavy atom. The lowest BCUT2D eigenvalue weighted by atomic mass is 9.99. The zero-order valence-corrected chi connectivity index (χ0v) is 16.5. The van der Waals surface area contributed by atoms with Gasteiger partial charge in [0.15, 0.2) is 0 Å². The highest BCUT2D eigenvalue weighted by Gasteiger charge is 2.18. The van der Waals surface area contributed by atoms with Crippen LogP contribution in [0.1, 0.15) is 11.1 Å². The molecule has 3 aromatic carbocycles. The molecule has 0 atom stereocenters. The summed E-state index contributed by atoms with van der Waals surface area (Å²) in [5, 5.41) is 21.0. The molecule has 1 heterocycles. The topological polar surface area (TPSA) is 111 Å². The van der Waals surface area contributed by atoms with Gasteiger partial charge >= 0.3 is 0 Å². The summed E-state index contributed by atoms with van der Waals surface area (Å²) in [5.74, 6) is -1.31. The van der Waals surface area contributed by atoms with Gasteiger partial charge in [-0.05, 0) is 54.1 Å². The zero-order chi connectivity index (χ0) is 22.7. The molecule has 32 heavy (non-hydrogen) atoms. The predicted octanol–water partition coefficient (Wildman–Crippen LogP) is 5.31. The number of rotatable bonds is 4. The average molecular weight is 424 g/mol. The molecule has 4 aromatic rings. The molecule has 8 heteroatoms. The lowest BCUT2D eigenvalue weighted by Crippen LogP contribution is -2.03. The van der Waals surface area contributed by atoms with Gasteiger partial charge in [0.1, 0.15) is 17.5 Å². The fourth-order valence-electron chi connectivity index (χ4n) is 3.27. The van der Waals surface area contributed by atoms with Gasteiger partial charge in [0.25, 0.3) is 0 Å². The summed E-state index contributed by atoms with van der Waals surface area (Å²) < 4.78 is 29.8. The van der Waals surface area contributed by atoms with E-state index < -0.39 is 11.6 Å². The maximum absolute atomic E-state index is 14.9. The van der Waals surface area contributed by atoms with Crippen molar-refractivity contribution in [2.24, 2.45) is 0 Å². The maximum Gasteiger partial charge on any atom is 0.229 e. The van der Waals surface area contributed by atoms with Crippen LogP contribution in [0.25, 0.3) is 28.1 Å². The minimum atomic E-state index is -0.797. The Bertz CT molecular complexity index is 1420. The number of hydrogen-bond donors (Lipinski definition) is 2. The number of para-hydroxylation sites is 1. The number of hydrogen-bond acceptors (Lipinski definition) is 6. The van der Waals surface area contributed by atoms with Crippen LogP contribution < -0.4 is 11.1 Å². The molecule has 1 aromatic heterocycles. The largest absolute Gasteiger partial charge is 0.383 e. The van der Waals surface area contributed by atoms with Gasteiger partial charge in [0.05, 0.1) is 28.8 Å². The smallest absolute Gasteiger partial charge is 0.229 e. The number of nitrogens with zero attached hydrogens (tertiary/aromatic N) is 4. The first-order valence-corrected chi connectivity index (χ1v) is 9.39. The second-order valence-corrected chi connectivity index (χ2v) is 6.77. The molecule has 0 saturated heterocycles. The number of nitrogens with two attached hydrogens (primary N) is 1. The van der Waals surface area contributed by atoms with Crippen LogP contribution in [0.5, 0.6) is 0 Å². The number of allylic oxidation sites excluding steroid dienone is 1. The summed E-state index contributed by atoms with van der Waals surface area (Å²) in [4.78, 5) is 8.68. The summed E-state index contributed by atoms with van der Waals surface area (Å²) in [5.41, 5.74) is 7.66. The van der Waals surface area contributed by atoms with Crippen molar-refractivity contribution < 1.29 is 8.78 Å². The van der Waals surface area contributed by atoms with Crippen molar-refractivity contribution in [3.63, 3.8) is 0 Å². The van der Waals surface area contributed by atoms with Crippen LogP contribution in [-0.4, -0.2) is 9.97 Å². The van der Waals surface area contributed by atoms with E-state index in [0.717, 1.165) is 18.2 Å². The average Bonchev–Trinajstić information content (AvgIpc) is 2.78. The van der Waals surface area contributed by atoms with Crippen molar-refractivity contribution in [3.8, 4) is 23.3 Å². The van der Waals surface area contributed by atoms with Gasteiger partial charge in [0, 0.05) is 22.7 Å². The maximum atomic E-state index is 14.9. The zero-order valence-electron chi connectivity index (χ0n) is 16.5. The van der Waals surface area contributed by atoms with Crippen molar-refractivity contribution in [1.82, 2.24) is 9.97 Å². The van der Waals surface area contributed by atoms with E-state index in [1.165, 1.54) is 6.08 Å². The Morgan fingerprint density at radius 2 is 1.69 bits per heavy atom. The number of anilines is 3. The number of nitriles is 2. The highest BCUT2D eigenvalue weighted by atomic mass is 19.1. The number of nitrogens with one attached hydrogen (secondary N) is 1. The van der Waals surface area contributed by atoms with Crippen LogP contribution in [0.2, 0.25) is 0 Å². The Hall–Kier alpha value is -4.82. The van der Waals surface area contributed by atoms with E-state index in [1.807, 2.05) is 6.07 Å². The molecule has 0 aliphatic carbocycles. The van der Waals surface area contributed by atoms with Crippen LogP contribution in [0.3, 0.4) is 0 Å². The van der Waals surface area contributed by atoms with Crippen molar-refractivity contribution in [3.05, 3.63) is 83.4 Å². The SMILES string of the molecule is N#CC=Cc1cc(F)c(-c2cccc3c(N)nc(Nc4ccc(C#N)cc4)nc23)c(F)c1. The monoisotopic (exact) mass is 424 g/mol. The van der Waals surface area contributed by atoms with E-state index in [-0.39, 0.29) is 34.0 Å². The molecule has 0 amide bonds. The summed E-state index contributed by atoms with van der Waals surface area (Å²) in [6.07, 6.45) is 2.46. The third-order valence-corrected chi connectivity index (χ3v) is 4.71. The number of benzene rings is 3. The van der Waals surface area contributed by atoms with Gasteiger partial charge in [0.2, 0.25) is 5.95 Å². The first-order valence-electron chi connectivity index (χ1n) is 9.39. The van der Waals surface area contributed by atoms with E-state index in [2.05, 4.69) is 15.3 Å². The number of halogens is 2. The normalized spacial score (nSPS) is 10.8. The summed E-state index contributed by atoms with van der Waals surface area (Å²) in [6, 6.07) is 17.6. The van der Waals surface area contributed by atoms with Gasteiger partial charge in [-0.1, -0.05) is 12.1 Å². The number of nitrogen functional groups attached to an aromatic ring is 1.